The molecular weight excluding hydrogens is 412 g/mol. The molecule has 1 aliphatic heterocycles. The molecule has 0 spiro atoms. The zero-order valence-corrected chi connectivity index (χ0v) is 18.5. The van der Waals surface area contributed by atoms with Gasteiger partial charge in [0.25, 0.3) is 0 Å². The second-order valence-electron chi connectivity index (χ2n) is 7.94. The highest BCUT2D eigenvalue weighted by molar-refractivity contribution is 7.89. The summed E-state index contributed by atoms with van der Waals surface area (Å²) in [5.74, 6) is -0.0260. The number of carbonyl (C=O) groups is 1. The Morgan fingerprint density at radius 1 is 1.19 bits per heavy atom. The molecule has 1 aliphatic rings. The minimum Gasteiger partial charge on any atom is -0.337 e. The lowest BCUT2D eigenvalue weighted by atomic mass is 9.86. The Kier molecular flexibility index (Phi) is 5.93. The third-order valence-corrected chi connectivity index (χ3v) is 7.06. The van der Waals surface area contributed by atoms with Crippen molar-refractivity contribution in [2.45, 2.75) is 30.7 Å². The molecular formula is C23H26N4O3S. The van der Waals surface area contributed by atoms with Gasteiger partial charge in [-0.3, -0.25) is 9.48 Å². The standard InChI is InChI=1S/C23H26N4O3S/c1-17-6-5-8-20(12-17)31(29,30)25-11-10-23(28)27-15-18-7-3-4-9-21(18)22(16-27)19-13-24-26(2)14-19/h3-9,12-14,22,25H,10-11,15-16H2,1-2H3. The lowest BCUT2D eigenvalue weighted by molar-refractivity contribution is -0.132. The molecule has 0 fully saturated rings. The topological polar surface area (TPSA) is 84.3 Å². The molecule has 7 nitrogen and oxygen atoms in total. The monoisotopic (exact) mass is 438 g/mol. The molecule has 31 heavy (non-hydrogen) atoms. The average Bonchev–Trinajstić information content (AvgIpc) is 3.19. The van der Waals surface area contributed by atoms with Gasteiger partial charge in [0.2, 0.25) is 15.9 Å². The molecule has 1 unspecified atom stereocenters. The van der Waals surface area contributed by atoms with E-state index in [0.29, 0.717) is 13.1 Å². The minimum atomic E-state index is -3.64. The number of aryl methyl sites for hydroxylation is 2. The summed E-state index contributed by atoms with van der Waals surface area (Å²) in [4.78, 5) is 15.0. The summed E-state index contributed by atoms with van der Waals surface area (Å²) in [6.45, 7) is 2.97. The molecule has 162 valence electrons. The number of aromatic nitrogens is 2. The number of sulfonamides is 1. The van der Waals surface area contributed by atoms with Crippen molar-refractivity contribution in [1.82, 2.24) is 19.4 Å². The molecule has 0 bridgehead atoms. The van der Waals surface area contributed by atoms with E-state index in [1.165, 1.54) is 5.56 Å². The van der Waals surface area contributed by atoms with Crippen LogP contribution in [0.4, 0.5) is 0 Å². The van der Waals surface area contributed by atoms with Crippen molar-refractivity contribution >= 4 is 15.9 Å². The fourth-order valence-electron chi connectivity index (χ4n) is 4.02. The van der Waals surface area contributed by atoms with Crippen molar-refractivity contribution in [2.75, 3.05) is 13.1 Å². The summed E-state index contributed by atoms with van der Waals surface area (Å²) < 4.78 is 29.3. The normalized spacial score (nSPS) is 16.2. The van der Waals surface area contributed by atoms with E-state index in [1.807, 2.05) is 50.6 Å². The SMILES string of the molecule is Cc1cccc(S(=O)(=O)NCCC(=O)N2Cc3ccccc3C(c3cnn(C)c3)C2)c1. The maximum Gasteiger partial charge on any atom is 0.240 e. The Morgan fingerprint density at radius 3 is 2.74 bits per heavy atom. The quantitative estimate of drug-likeness (QED) is 0.641. The number of nitrogens with one attached hydrogen (secondary N) is 1. The number of fused-ring (bicyclic) bond motifs is 1. The minimum absolute atomic E-state index is 0.0478. The van der Waals surface area contributed by atoms with E-state index in [4.69, 9.17) is 0 Å². The maximum absolute atomic E-state index is 12.9. The summed E-state index contributed by atoms with van der Waals surface area (Å²) >= 11 is 0. The average molecular weight is 439 g/mol. The zero-order valence-electron chi connectivity index (χ0n) is 17.7. The van der Waals surface area contributed by atoms with Crippen LogP contribution in [0.5, 0.6) is 0 Å². The summed E-state index contributed by atoms with van der Waals surface area (Å²) in [7, 11) is -1.76. The van der Waals surface area contributed by atoms with Gasteiger partial charge < -0.3 is 4.90 Å². The third-order valence-electron chi connectivity index (χ3n) is 5.61. The van der Waals surface area contributed by atoms with E-state index in [1.54, 1.807) is 27.8 Å². The number of rotatable bonds is 6. The predicted octanol–water partition coefficient (Wildman–Crippen LogP) is 2.57. The summed E-state index contributed by atoms with van der Waals surface area (Å²) in [6, 6.07) is 14.8. The summed E-state index contributed by atoms with van der Waals surface area (Å²) in [6.07, 6.45) is 3.92. The van der Waals surface area contributed by atoms with Crippen LogP contribution in [0.25, 0.3) is 0 Å². The van der Waals surface area contributed by atoms with Crippen LogP contribution in [0.3, 0.4) is 0 Å². The highest BCUT2D eigenvalue weighted by Crippen LogP contribution is 2.33. The molecule has 0 aliphatic carbocycles. The van der Waals surface area contributed by atoms with Gasteiger partial charge in [0.05, 0.1) is 11.1 Å². The van der Waals surface area contributed by atoms with Gasteiger partial charge in [0, 0.05) is 45.2 Å². The van der Waals surface area contributed by atoms with Gasteiger partial charge in [-0.1, -0.05) is 36.4 Å². The molecule has 3 aromatic rings. The Labute approximate surface area is 182 Å². The van der Waals surface area contributed by atoms with Gasteiger partial charge >= 0.3 is 0 Å². The van der Waals surface area contributed by atoms with E-state index >= 15 is 0 Å². The smallest absolute Gasteiger partial charge is 0.240 e. The largest absolute Gasteiger partial charge is 0.337 e. The van der Waals surface area contributed by atoms with E-state index in [0.717, 1.165) is 16.7 Å². The van der Waals surface area contributed by atoms with Gasteiger partial charge in [-0.05, 0) is 41.3 Å². The van der Waals surface area contributed by atoms with E-state index < -0.39 is 10.0 Å². The molecule has 1 amide bonds. The number of hydrogen-bond acceptors (Lipinski definition) is 4. The molecule has 4 rings (SSSR count). The second kappa shape index (κ2) is 8.64. The molecule has 1 N–H and O–H groups in total. The molecule has 8 heteroatoms. The van der Waals surface area contributed by atoms with Crippen molar-refractivity contribution < 1.29 is 13.2 Å². The Balaban J connectivity index is 1.44. The van der Waals surface area contributed by atoms with Gasteiger partial charge in [-0.25, -0.2) is 13.1 Å². The highest BCUT2D eigenvalue weighted by atomic mass is 32.2. The first-order valence-electron chi connectivity index (χ1n) is 10.2. The van der Waals surface area contributed by atoms with Crippen molar-refractivity contribution in [3.63, 3.8) is 0 Å². The molecule has 0 saturated heterocycles. The van der Waals surface area contributed by atoms with Crippen LogP contribution >= 0.6 is 0 Å². The number of benzene rings is 2. The maximum atomic E-state index is 12.9. The first kappa shape index (κ1) is 21.3. The fraction of sp³-hybridized carbons (Fsp3) is 0.304. The van der Waals surface area contributed by atoms with Crippen molar-refractivity contribution in [2.24, 2.45) is 7.05 Å². The van der Waals surface area contributed by atoms with E-state index in [-0.39, 0.29) is 29.7 Å². The lowest BCUT2D eigenvalue weighted by Crippen LogP contribution is -2.40. The Bertz CT molecular complexity index is 1200. The first-order valence-corrected chi connectivity index (χ1v) is 11.7. The molecule has 0 radical (unpaired) electrons. The van der Waals surface area contributed by atoms with E-state index in [9.17, 15) is 13.2 Å². The predicted molar refractivity (Wildman–Crippen MR) is 118 cm³/mol. The summed E-state index contributed by atoms with van der Waals surface area (Å²) in [5.41, 5.74) is 4.25. The summed E-state index contributed by atoms with van der Waals surface area (Å²) in [5, 5.41) is 4.28. The fourth-order valence-corrected chi connectivity index (χ4v) is 5.15. The number of amides is 1. The van der Waals surface area contributed by atoms with Crippen LogP contribution in [0.15, 0.2) is 65.8 Å². The van der Waals surface area contributed by atoms with Crippen molar-refractivity contribution in [3.05, 3.63) is 83.2 Å². The van der Waals surface area contributed by atoms with Crippen molar-refractivity contribution in [1.29, 1.82) is 0 Å². The van der Waals surface area contributed by atoms with E-state index in [2.05, 4.69) is 15.9 Å². The molecule has 2 heterocycles. The van der Waals surface area contributed by atoms with Crippen LogP contribution in [0, 0.1) is 6.92 Å². The third kappa shape index (κ3) is 4.70. The number of carbonyl (C=O) groups excluding carboxylic acids is 1. The Hall–Kier alpha value is -2.97. The van der Waals surface area contributed by atoms with Gasteiger partial charge in [0.1, 0.15) is 0 Å². The number of nitrogens with zero attached hydrogens (tertiary/aromatic N) is 3. The van der Waals surface area contributed by atoms with Gasteiger partial charge in [0.15, 0.2) is 0 Å². The van der Waals surface area contributed by atoms with Crippen molar-refractivity contribution in [3.8, 4) is 0 Å². The van der Waals surface area contributed by atoms with Gasteiger partial charge in [-0.2, -0.15) is 5.10 Å². The van der Waals surface area contributed by atoms with Crippen LogP contribution in [-0.4, -0.2) is 42.1 Å². The zero-order chi connectivity index (χ0) is 22.0. The van der Waals surface area contributed by atoms with Crippen LogP contribution in [0.1, 0.15) is 34.6 Å². The second-order valence-corrected chi connectivity index (χ2v) is 9.70. The van der Waals surface area contributed by atoms with Gasteiger partial charge in [-0.15, -0.1) is 0 Å². The molecule has 1 aromatic heterocycles. The first-order chi connectivity index (χ1) is 14.8. The molecule has 1 atom stereocenters. The van der Waals surface area contributed by atoms with Crippen LogP contribution < -0.4 is 4.72 Å². The number of hydrogen-bond donors (Lipinski definition) is 1. The highest BCUT2D eigenvalue weighted by Gasteiger charge is 2.29. The molecule has 0 saturated carbocycles. The van der Waals surface area contributed by atoms with Crippen LogP contribution in [0.2, 0.25) is 0 Å². The lowest BCUT2D eigenvalue weighted by Gasteiger charge is -2.34. The van der Waals surface area contributed by atoms with Crippen LogP contribution in [-0.2, 0) is 28.4 Å². The molecule has 2 aromatic carbocycles. The Morgan fingerprint density at radius 2 is 2.00 bits per heavy atom.